The average Bonchev–Trinajstić information content (AvgIpc) is 2.84. The molecule has 3 rings (SSSR count). The van der Waals surface area contributed by atoms with Crippen LogP contribution >= 0.6 is 27.5 Å². The minimum Gasteiger partial charge on any atom is -0.297 e. The van der Waals surface area contributed by atoms with Crippen LogP contribution in [0.2, 0.25) is 5.02 Å². The molecule has 0 radical (unpaired) electrons. The summed E-state index contributed by atoms with van der Waals surface area (Å²) in [5, 5.41) is 0.269. The van der Waals surface area contributed by atoms with Gasteiger partial charge in [0.1, 0.15) is 4.90 Å². The molecule has 1 aromatic rings. The standard InChI is InChI=1S/C14H18BrClN2O2S/c1-10-8-17-6-2-3-12(17)9-18(10)21(19,20)14-5-4-11(15)7-13(14)16/h4-5,7,10,12H,2-3,6,8-9H2,1H3. The van der Waals surface area contributed by atoms with Gasteiger partial charge in [0.05, 0.1) is 5.02 Å². The predicted molar refractivity (Wildman–Crippen MR) is 87.1 cm³/mol. The summed E-state index contributed by atoms with van der Waals surface area (Å²) in [6, 6.07) is 5.25. The van der Waals surface area contributed by atoms with E-state index in [0.717, 1.165) is 30.4 Å². The summed E-state index contributed by atoms with van der Waals surface area (Å²) in [5.41, 5.74) is 0. The summed E-state index contributed by atoms with van der Waals surface area (Å²) in [4.78, 5) is 2.60. The summed E-state index contributed by atoms with van der Waals surface area (Å²) in [6.07, 6.45) is 2.23. The first kappa shape index (κ1) is 15.7. The first-order chi connectivity index (χ1) is 9.89. The molecule has 0 N–H and O–H groups in total. The van der Waals surface area contributed by atoms with Gasteiger partial charge in [-0.05, 0) is 44.5 Å². The molecule has 2 atom stereocenters. The quantitative estimate of drug-likeness (QED) is 0.775. The van der Waals surface area contributed by atoms with E-state index in [9.17, 15) is 8.42 Å². The molecule has 2 fully saturated rings. The molecule has 2 heterocycles. The Morgan fingerprint density at radius 2 is 2.10 bits per heavy atom. The molecule has 21 heavy (non-hydrogen) atoms. The van der Waals surface area contributed by atoms with Crippen LogP contribution < -0.4 is 0 Å². The predicted octanol–water partition coefficient (Wildman–Crippen LogP) is 2.96. The Morgan fingerprint density at radius 1 is 1.33 bits per heavy atom. The van der Waals surface area contributed by atoms with E-state index >= 15 is 0 Å². The molecule has 4 nitrogen and oxygen atoms in total. The Balaban J connectivity index is 1.93. The summed E-state index contributed by atoms with van der Waals surface area (Å²) < 4.78 is 28.2. The lowest BCUT2D eigenvalue weighted by molar-refractivity contribution is 0.117. The second-order valence-corrected chi connectivity index (χ2v) is 8.97. The van der Waals surface area contributed by atoms with Crippen LogP contribution in [0.15, 0.2) is 27.6 Å². The Hall–Kier alpha value is -0.140. The zero-order valence-corrected chi connectivity index (χ0v) is 15.0. The van der Waals surface area contributed by atoms with Crippen molar-refractivity contribution in [2.75, 3.05) is 19.6 Å². The molecule has 2 aliphatic heterocycles. The highest BCUT2D eigenvalue weighted by atomic mass is 79.9. The number of halogens is 2. The largest absolute Gasteiger partial charge is 0.297 e. The van der Waals surface area contributed by atoms with Crippen LogP contribution in [-0.2, 0) is 10.0 Å². The third kappa shape index (κ3) is 2.88. The van der Waals surface area contributed by atoms with Crippen molar-refractivity contribution in [1.29, 1.82) is 0 Å². The van der Waals surface area contributed by atoms with Crippen LogP contribution in [0.1, 0.15) is 19.8 Å². The van der Waals surface area contributed by atoms with Crippen molar-refractivity contribution in [3.05, 3.63) is 27.7 Å². The lowest BCUT2D eigenvalue weighted by atomic mass is 10.1. The molecule has 2 saturated heterocycles. The normalized spacial score (nSPS) is 27.8. The molecule has 0 saturated carbocycles. The number of sulfonamides is 1. The zero-order chi connectivity index (χ0) is 15.2. The number of rotatable bonds is 2. The number of nitrogens with zero attached hydrogens (tertiary/aromatic N) is 2. The number of hydrogen-bond donors (Lipinski definition) is 0. The van der Waals surface area contributed by atoms with E-state index in [1.54, 1.807) is 22.5 Å². The zero-order valence-electron chi connectivity index (χ0n) is 11.8. The molecule has 2 aliphatic rings. The molecule has 0 amide bonds. The smallest absolute Gasteiger partial charge is 0.244 e. The fourth-order valence-electron chi connectivity index (χ4n) is 3.31. The van der Waals surface area contributed by atoms with Crippen molar-refractivity contribution >= 4 is 37.6 Å². The van der Waals surface area contributed by atoms with Crippen LogP contribution in [-0.4, -0.2) is 49.3 Å². The van der Waals surface area contributed by atoms with Gasteiger partial charge in [0.25, 0.3) is 0 Å². The number of hydrogen-bond acceptors (Lipinski definition) is 3. The maximum atomic E-state index is 12.9. The number of fused-ring (bicyclic) bond motifs is 1. The fourth-order valence-corrected chi connectivity index (χ4v) is 5.98. The summed E-state index contributed by atoms with van der Waals surface area (Å²) in [6.45, 7) is 4.43. The van der Waals surface area contributed by atoms with Crippen molar-refractivity contribution in [2.45, 2.75) is 36.7 Å². The van der Waals surface area contributed by atoms with E-state index in [-0.39, 0.29) is 16.0 Å². The second kappa shape index (κ2) is 5.81. The van der Waals surface area contributed by atoms with Crippen molar-refractivity contribution in [2.24, 2.45) is 0 Å². The van der Waals surface area contributed by atoms with Gasteiger partial charge in [-0.15, -0.1) is 0 Å². The average molecular weight is 394 g/mol. The molecule has 7 heteroatoms. The van der Waals surface area contributed by atoms with E-state index in [0.29, 0.717) is 12.6 Å². The van der Waals surface area contributed by atoms with E-state index in [1.807, 2.05) is 6.92 Å². The molecule has 116 valence electrons. The van der Waals surface area contributed by atoms with Gasteiger partial charge in [0.15, 0.2) is 0 Å². The van der Waals surface area contributed by atoms with Gasteiger partial charge < -0.3 is 0 Å². The van der Waals surface area contributed by atoms with Crippen LogP contribution in [0.5, 0.6) is 0 Å². The lowest BCUT2D eigenvalue weighted by Gasteiger charge is -2.41. The Morgan fingerprint density at radius 3 is 2.81 bits per heavy atom. The van der Waals surface area contributed by atoms with Gasteiger partial charge in [0.2, 0.25) is 10.0 Å². The molecular weight excluding hydrogens is 376 g/mol. The molecule has 0 aromatic heterocycles. The molecule has 1 aromatic carbocycles. The van der Waals surface area contributed by atoms with Crippen LogP contribution in [0, 0.1) is 0 Å². The van der Waals surface area contributed by atoms with Crippen molar-refractivity contribution < 1.29 is 8.42 Å². The Bertz CT molecular complexity index is 652. The highest BCUT2D eigenvalue weighted by molar-refractivity contribution is 9.10. The van der Waals surface area contributed by atoms with E-state index < -0.39 is 10.0 Å². The molecule has 0 aliphatic carbocycles. The van der Waals surface area contributed by atoms with Gasteiger partial charge in [-0.1, -0.05) is 27.5 Å². The van der Waals surface area contributed by atoms with Gasteiger partial charge in [-0.25, -0.2) is 8.42 Å². The van der Waals surface area contributed by atoms with Crippen LogP contribution in [0.25, 0.3) is 0 Å². The lowest BCUT2D eigenvalue weighted by Crippen LogP contribution is -2.56. The maximum absolute atomic E-state index is 12.9. The first-order valence-electron chi connectivity index (χ1n) is 7.10. The van der Waals surface area contributed by atoms with Gasteiger partial charge >= 0.3 is 0 Å². The molecule has 0 bridgehead atoms. The Kier molecular flexibility index (Phi) is 4.36. The third-order valence-electron chi connectivity index (χ3n) is 4.36. The highest BCUT2D eigenvalue weighted by Gasteiger charge is 2.40. The minimum atomic E-state index is -3.54. The van der Waals surface area contributed by atoms with E-state index in [2.05, 4.69) is 20.8 Å². The number of piperazine rings is 1. The molecule has 0 spiro atoms. The minimum absolute atomic E-state index is 0.0240. The van der Waals surface area contributed by atoms with E-state index in [1.165, 1.54) is 0 Å². The van der Waals surface area contributed by atoms with Gasteiger partial charge in [-0.2, -0.15) is 4.31 Å². The second-order valence-electron chi connectivity index (χ2n) is 5.79. The van der Waals surface area contributed by atoms with Crippen molar-refractivity contribution in [3.63, 3.8) is 0 Å². The van der Waals surface area contributed by atoms with Gasteiger partial charge in [-0.3, -0.25) is 4.90 Å². The summed E-state index contributed by atoms with van der Waals surface area (Å²) in [5.74, 6) is 0. The summed E-state index contributed by atoms with van der Waals surface area (Å²) >= 11 is 9.45. The summed E-state index contributed by atoms with van der Waals surface area (Å²) in [7, 11) is -3.54. The third-order valence-corrected chi connectivity index (χ3v) is 7.32. The highest BCUT2D eigenvalue weighted by Crippen LogP contribution is 2.32. The maximum Gasteiger partial charge on any atom is 0.244 e. The fraction of sp³-hybridized carbons (Fsp3) is 0.571. The Labute approximate surface area is 139 Å². The van der Waals surface area contributed by atoms with Crippen molar-refractivity contribution in [3.8, 4) is 0 Å². The topological polar surface area (TPSA) is 40.6 Å². The monoisotopic (exact) mass is 392 g/mol. The van der Waals surface area contributed by atoms with Crippen molar-refractivity contribution in [1.82, 2.24) is 9.21 Å². The molecule has 2 unspecified atom stereocenters. The van der Waals surface area contributed by atoms with Gasteiger partial charge in [0, 0.05) is 29.6 Å². The SMILES string of the molecule is CC1CN2CCCC2CN1S(=O)(=O)c1ccc(Br)cc1Cl. The van der Waals surface area contributed by atoms with Crippen LogP contribution in [0.3, 0.4) is 0 Å². The molecular formula is C14H18BrClN2O2S. The number of benzene rings is 1. The first-order valence-corrected chi connectivity index (χ1v) is 9.71. The van der Waals surface area contributed by atoms with E-state index in [4.69, 9.17) is 11.6 Å². The van der Waals surface area contributed by atoms with Crippen LogP contribution in [0.4, 0.5) is 0 Å².